The molecule has 0 aliphatic carbocycles. The van der Waals surface area contributed by atoms with Gasteiger partial charge in [-0.3, -0.25) is 11.8 Å². The van der Waals surface area contributed by atoms with Crippen molar-refractivity contribution in [1.29, 1.82) is 0 Å². The zero-order valence-electron chi connectivity index (χ0n) is 16.3. The van der Waals surface area contributed by atoms with Gasteiger partial charge in [-0.25, -0.2) is 0 Å². The first-order valence-electron chi connectivity index (χ1n) is 4.55. The fourth-order valence-corrected chi connectivity index (χ4v) is 1.28. The first-order chi connectivity index (χ1) is 6.70. The molecule has 0 amide bonds. The number of hydrogen-bond donors (Lipinski definition) is 0. The van der Waals surface area contributed by atoms with E-state index in [1.54, 1.807) is 0 Å². The number of pyridine rings is 1. The molecule has 1 aromatic heterocycles. The molecular formula is C14H13ArIrNV14-6. The maximum atomic E-state index is 4.10. The number of fused-ring (bicyclic) bond motifs is 1. The number of nitrogens with zero attached hydrogens (tertiary/aromatic N) is 1. The van der Waals surface area contributed by atoms with Crippen molar-refractivity contribution in [2.45, 2.75) is 20.3 Å². The number of rotatable bonds is 1. The van der Waals surface area contributed by atoms with Gasteiger partial charge in [-0.15, -0.1) is 6.92 Å². The van der Waals surface area contributed by atoms with Gasteiger partial charge in [0.2, 0.25) is 0 Å². The molecule has 2 aromatic rings. The molecule has 0 fully saturated rings. The minimum atomic E-state index is 0. The van der Waals surface area contributed by atoms with E-state index in [2.05, 4.69) is 36.3 Å². The topological polar surface area (TPSA) is 12.9 Å². The molecule has 0 spiro atoms. The number of aromatic nitrogens is 1. The van der Waals surface area contributed by atoms with E-state index in [1.165, 1.54) is 0 Å². The van der Waals surface area contributed by atoms with Gasteiger partial charge in [-0.1, -0.05) is 6.92 Å². The third-order valence-electron chi connectivity index (χ3n) is 2.25. The number of hydrogen-bond acceptors (Lipinski definition) is 1. The van der Waals surface area contributed by atoms with Crippen molar-refractivity contribution >= 4 is 10.8 Å². The van der Waals surface area contributed by atoms with Crippen molar-refractivity contribution in [2.75, 3.05) is 0 Å². The Morgan fingerprint density at radius 2 is 0.903 bits per heavy atom. The Labute approximate surface area is 400 Å². The predicted molar refractivity (Wildman–Crippen MR) is 62.0 cm³/mol. The summed E-state index contributed by atoms with van der Waals surface area (Å²) >= 11 is 0. The van der Waals surface area contributed by atoms with E-state index in [0.29, 0.717) is 6.42 Å². The van der Waals surface area contributed by atoms with Gasteiger partial charge in [-0.05, 0) is 0 Å². The van der Waals surface area contributed by atoms with E-state index in [9.17, 15) is 0 Å². The zero-order chi connectivity index (χ0) is 10.1. The molecule has 0 unspecified atom stereocenters. The molecule has 167 valence electrons. The molecular weight excluding hydrogens is 1130 g/mol. The molecule has 0 atom stereocenters. The van der Waals surface area contributed by atoms with E-state index < -0.39 is 0 Å². The van der Waals surface area contributed by atoms with Gasteiger partial charge in [-0.2, -0.15) is 12.1 Å². The summed E-state index contributed by atoms with van der Waals surface area (Å²) in [6.07, 6.45) is 3.56. The SMILES string of the molecule is [Ar].[CH2-]Cc1[c-]c2[c-]c(C)c(C)[c-]c2[c-]n1.[CH3-].[Ir].[V].[V].[V].[V].[V].[V].[V].[V].[V].[V].[V].[V].[V].[V]. The monoisotopic (exact) mass is 1140 g/mol. The van der Waals surface area contributed by atoms with Crippen LogP contribution in [-0.2, 0) is 286 Å². The van der Waals surface area contributed by atoms with Gasteiger partial charge in [0.25, 0.3) is 0 Å². The maximum Gasteiger partial charge on any atom is 0 e. The van der Waals surface area contributed by atoms with Crippen LogP contribution in [0.3, 0.4) is 0 Å². The average Bonchev–Trinajstić information content (AvgIpc) is 2.19. The van der Waals surface area contributed by atoms with E-state index in [1.807, 2.05) is 13.8 Å². The molecule has 0 saturated carbocycles. The van der Waals surface area contributed by atoms with Gasteiger partial charge in [0, 0.05) is 318 Å². The van der Waals surface area contributed by atoms with Crippen LogP contribution in [0.15, 0.2) is 0 Å². The van der Waals surface area contributed by atoms with Crippen molar-refractivity contribution in [3.63, 3.8) is 0 Å². The van der Waals surface area contributed by atoms with Gasteiger partial charge >= 0.3 is 0 Å². The molecule has 1 heterocycles. The summed E-state index contributed by atoms with van der Waals surface area (Å²) < 4.78 is 0. The summed E-state index contributed by atoms with van der Waals surface area (Å²) in [7, 11) is 0. The largest absolute Gasteiger partial charge is 0.565 e. The summed E-state index contributed by atoms with van der Waals surface area (Å²) in [5.74, 6) is 0. The summed E-state index contributed by atoms with van der Waals surface area (Å²) in [4.78, 5) is 4.10. The first-order valence-corrected chi connectivity index (χ1v) is 4.55. The standard InChI is InChI=1S/C13H10N.CH3.Ar.Ir.14V/c1-4-13-7-11-5-9(2)10(3)6-12(11)8-14-13;;;;;;;;;;;;;;;;;/h1,4H2,2-3H3;1H3;;;;;;;;;;;;;;;;/q-5;-1;;;;;;;;;;;;;;;;. The molecule has 2 rings (SSSR count). The smallest absolute Gasteiger partial charge is 0 e. The van der Waals surface area contributed by atoms with Crippen molar-refractivity contribution in [3.05, 3.63) is 55.6 Å². The summed E-state index contributed by atoms with van der Waals surface area (Å²) in [5, 5.41) is 1.76. The number of aryl methyl sites for hydroxylation is 2. The fraction of sp³-hybridized carbons (Fsp3) is 0.214. The van der Waals surface area contributed by atoms with Gasteiger partial charge in [0.15, 0.2) is 0 Å². The van der Waals surface area contributed by atoms with Crippen LogP contribution in [0.4, 0.5) is 0 Å². The van der Waals surface area contributed by atoms with E-state index in [-0.39, 0.29) is 325 Å². The Morgan fingerprint density at radius 1 is 0.613 bits per heavy atom. The van der Waals surface area contributed by atoms with Crippen molar-refractivity contribution in [1.82, 2.24) is 4.98 Å². The second-order valence-corrected chi connectivity index (χ2v) is 3.30. The third-order valence-corrected chi connectivity index (χ3v) is 2.25. The summed E-state index contributed by atoms with van der Waals surface area (Å²) in [6.45, 7) is 7.79. The minimum Gasteiger partial charge on any atom is -0.565 e. The summed E-state index contributed by atoms with van der Waals surface area (Å²) in [5.41, 5.74) is 3.01. The molecule has 0 aliphatic heterocycles. The van der Waals surface area contributed by atoms with Crippen LogP contribution in [0, 0.1) is 90.3 Å². The van der Waals surface area contributed by atoms with Crippen LogP contribution in [0.1, 0.15) is 16.8 Å². The molecule has 15 radical (unpaired) electrons. The summed E-state index contributed by atoms with van der Waals surface area (Å²) in [6, 6.07) is 9.61. The normalized spacial score (nSPS) is 4.87. The minimum absolute atomic E-state index is 0. The van der Waals surface area contributed by atoms with Crippen LogP contribution < -0.4 is 0 Å². The average molecular weight is 1140 g/mol. The Morgan fingerprint density at radius 3 is 1.19 bits per heavy atom. The molecule has 0 saturated heterocycles. The Balaban J connectivity index is -0.00000000945. The second kappa shape index (κ2) is 62.4. The van der Waals surface area contributed by atoms with Gasteiger partial charge in [0.1, 0.15) is 0 Å². The van der Waals surface area contributed by atoms with E-state index in [4.69, 9.17) is 0 Å². The maximum absolute atomic E-state index is 4.10. The third kappa shape index (κ3) is 40.9. The van der Waals surface area contributed by atoms with Crippen LogP contribution in [0.25, 0.3) is 10.8 Å². The zero-order valence-corrected chi connectivity index (χ0v) is 39.0. The van der Waals surface area contributed by atoms with Crippen LogP contribution in [0.5, 0.6) is 0 Å². The van der Waals surface area contributed by atoms with Crippen molar-refractivity contribution in [3.8, 4) is 0 Å². The quantitative estimate of drug-likeness (QED) is 0.402. The molecule has 0 N–H and O–H groups in total. The van der Waals surface area contributed by atoms with Gasteiger partial charge in [0.05, 0.1) is 0 Å². The number of benzene rings is 1. The molecule has 1 aromatic carbocycles. The Hall–Kier alpha value is 8.72. The molecule has 0 bridgehead atoms. The van der Waals surface area contributed by atoms with Gasteiger partial charge < -0.3 is 53.9 Å². The molecule has 17 heteroatoms. The molecule has 1 nitrogen and oxygen atoms in total. The molecule has 31 heavy (non-hydrogen) atoms. The Bertz CT molecular complexity index is 514. The van der Waals surface area contributed by atoms with Crippen LogP contribution >= 0.6 is 0 Å². The van der Waals surface area contributed by atoms with E-state index >= 15 is 0 Å². The van der Waals surface area contributed by atoms with Crippen LogP contribution in [-0.4, -0.2) is 4.98 Å². The second-order valence-electron chi connectivity index (χ2n) is 3.30. The predicted octanol–water partition coefficient (Wildman–Crippen LogP) is 2.84. The van der Waals surface area contributed by atoms with Crippen LogP contribution in [0.2, 0.25) is 0 Å². The fourth-order valence-electron chi connectivity index (χ4n) is 1.28. The van der Waals surface area contributed by atoms with Crippen molar-refractivity contribution in [2.24, 2.45) is 0 Å². The van der Waals surface area contributed by atoms with E-state index in [0.717, 1.165) is 27.6 Å². The van der Waals surface area contributed by atoms with Crippen molar-refractivity contribution < 1.29 is 318 Å². The molecule has 0 aliphatic rings. The Kier molecular flexibility index (Phi) is 213. The first kappa shape index (κ1) is 106.